The summed E-state index contributed by atoms with van der Waals surface area (Å²) in [5.41, 5.74) is 1.24. The maximum atomic E-state index is 11.6. The summed E-state index contributed by atoms with van der Waals surface area (Å²) in [5, 5.41) is 16.5. The lowest BCUT2D eigenvalue weighted by molar-refractivity contribution is -0.0364. The quantitative estimate of drug-likeness (QED) is 0.876. The lowest BCUT2D eigenvalue weighted by atomic mass is 9.70. The summed E-state index contributed by atoms with van der Waals surface area (Å²) in [6.07, 6.45) is 8.85. The second-order valence-corrected chi connectivity index (χ2v) is 7.34. The molecule has 0 radical (unpaired) electrons. The topological polar surface area (TPSA) is 50.9 Å². The standard InChI is InChI=1S/C19H24ClN3O/c1-3-18(2)9-8-16(12-15-4-6-17(20)7-5-15)19(18,24)10-11-23-14-21-13-22-23/h4-7,12-14,24H,3,8-11H2,1-2H3. The van der Waals surface area contributed by atoms with Crippen molar-refractivity contribution in [1.29, 1.82) is 0 Å². The van der Waals surface area contributed by atoms with Crippen molar-refractivity contribution in [3.63, 3.8) is 0 Å². The summed E-state index contributed by atoms with van der Waals surface area (Å²) < 4.78 is 1.78. The number of hydrogen-bond acceptors (Lipinski definition) is 3. The van der Waals surface area contributed by atoms with Crippen molar-refractivity contribution in [2.24, 2.45) is 5.41 Å². The van der Waals surface area contributed by atoms with Crippen LogP contribution in [0.3, 0.4) is 0 Å². The van der Waals surface area contributed by atoms with Gasteiger partial charge in [-0.25, -0.2) is 4.98 Å². The number of halogens is 1. The van der Waals surface area contributed by atoms with Gasteiger partial charge in [-0.1, -0.05) is 43.7 Å². The molecule has 3 rings (SSSR count). The molecule has 0 aliphatic heterocycles. The van der Waals surface area contributed by atoms with Gasteiger partial charge in [-0.2, -0.15) is 5.10 Å². The minimum absolute atomic E-state index is 0.119. The van der Waals surface area contributed by atoms with Crippen LogP contribution in [0.25, 0.3) is 6.08 Å². The minimum Gasteiger partial charge on any atom is -0.385 e. The first-order valence-corrected chi connectivity index (χ1v) is 8.86. The zero-order chi connectivity index (χ0) is 17.2. The van der Waals surface area contributed by atoms with E-state index in [0.717, 1.165) is 35.4 Å². The van der Waals surface area contributed by atoms with Crippen LogP contribution >= 0.6 is 11.6 Å². The number of aliphatic hydroxyl groups is 1. The number of aromatic nitrogens is 3. The predicted molar refractivity (Wildman–Crippen MR) is 96.6 cm³/mol. The van der Waals surface area contributed by atoms with Gasteiger partial charge in [0.05, 0.1) is 5.60 Å². The van der Waals surface area contributed by atoms with Gasteiger partial charge in [-0.3, -0.25) is 4.68 Å². The Labute approximate surface area is 148 Å². The Bertz CT molecular complexity index is 711. The van der Waals surface area contributed by atoms with E-state index in [1.54, 1.807) is 11.0 Å². The van der Waals surface area contributed by atoms with Crippen molar-refractivity contribution in [1.82, 2.24) is 14.8 Å². The second kappa shape index (κ2) is 6.69. The molecule has 1 aliphatic rings. The molecule has 1 saturated carbocycles. The van der Waals surface area contributed by atoms with E-state index in [1.165, 1.54) is 6.33 Å². The van der Waals surface area contributed by atoms with Gasteiger partial charge in [0.2, 0.25) is 0 Å². The number of rotatable bonds is 5. The van der Waals surface area contributed by atoms with Crippen LogP contribution in [-0.2, 0) is 6.54 Å². The van der Waals surface area contributed by atoms with E-state index in [2.05, 4.69) is 30.0 Å². The Morgan fingerprint density at radius 3 is 2.71 bits per heavy atom. The van der Waals surface area contributed by atoms with Crippen molar-refractivity contribution >= 4 is 17.7 Å². The van der Waals surface area contributed by atoms with E-state index in [-0.39, 0.29) is 5.41 Å². The molecule has 128 valence electrons. The first kappa shape index (κ1) is 17.2. The Morgan fingerprint density at radius 2 is 2.08 bits per heavy atom. The van der Waals surface area contributed by atoms with Crippen molar-refractivity contribution < 1.29 is 5.11 Å². The Hall–Kier alpha value is -1.65. The van der Waals surface area contributed by atoms with E-state index in [9.17, 15) is 5.11 Å². The van der Waals surface area contributed by atoms with Crippen LogP contribution in [0.5, 0.6) is 0 Å². The van der Waals surface area contributed by atoms with E-state index in [0.29, 0.717) is 13.0 Å². The summed E-state index contributed by atoms with van der Waals surface area (Å²) in [4.78, 5) is 3.98. The number of aryl methyl sites for hydroxylation is 1. The van der Waals surface area contributed by atoms with Crippen LogP contribution in [0, 0.1) is 5.41 Å². The van der Waals surface area contributed by atoms with Crippen LogP contribution in [0.2, 0.25) is 5.02 Å². The van der Waals surface area contributed by atoms with E-state index in [4.69, 9.17) is 11.6 Å². The van der Waals surface area contributed by atoms with Crippen LogP contribution in [0.4, 0.5) is 0 Å². The van der Waals surface area contributed by atoms with Gasteiger partial charge in [0.1, 0.15) is 12.7 Å². The largest absolute Gasteiger partial charge is 0.385 e. The highest BCUT2D eigenvalue weighted by Crippen LogP contribution is 2.54. The molecule has 2 atom stereocenters. The molecule has 1 aromatic carbocycles. The van der Waals surface area contributed by atoms with Crippen LogP contribution in [-0.4, -0.2) is 25.5 Å². The monoisotopic (exact) mass is 345 g/mol. The summed E-state index contributed by atoms with van der Waals surface area (Å²) >= 11 is 5.97. The number of nitrogens with zero attached hydrogens (tertiary/aromatic N) is 3. The minimum atomic E-state index is -0.826. The molecule has 0 amide bonds. The molecular weight excluding hydrogens is 322 g/mol. The first-order chi connectivity index (χ1) is 11.5. The van der Waals surface area contributed by atoms with Crippen molar-refractivity contribution in [2.45, 2.75) is 51.7 Å². The SMILES string of the molecule is CCC1(C)CCC(=Cc2ccc(Cl)cc2)C1(O)CCn1cncn1. The summed E-state index contributed by atoms with van der Waals surface area (Å²) in [7, 11) is 0. The fourth-order valence-electron chi connectivity index (χ4n) is 3.72. The molecular formula is C19H24ClN3O. The summed E-state index contributed by atoms with van der Waals surface area (Å²) in [6.45, 7) is 5.01. The van der Waals surface area contributed by atoms with Gasteiger partial charge in [0.25, 0.3) is 0 Å². The normalized spacial score (nSPS) is 28.6. The van der Waals surface area contributed by atoms with Gasteiger partial charge in [0.15, 0.2) is 0 Å². The maximum Gasteiger partial charge on any atom is 0.137 e. The highest BCUT2D eigenvalue weighted by atomic mass is 35.5. The van der Waals surface area contributed by atoms with Crippen molar-refractivity contribution in [3.8, 4) is 0 Å². The third-order valence-electron chi connectivity index (χ3n) is 5.64. The van der Waals surface area contributed by atoms with Crippen LogP contribution < -0.4 is 0 Å². The summed E-state index contributed by atoms with van der Waals surface area (Å²) in [6, 6.07) is 7.76. The highest BCUT2D eigenvalue weighted by Gasteiger charge is 2.52. The van der Waals surface area contributed by atoms with Crippen LogP contribution in [0.15, 0.2) is 42.5 Å². The Kier molecular flexibility index (Phi) is 4.79. The van der Waals surface area contributed by atoms with Crippen LogP contribution in [0.1, 0.15) is 45.1 Å². The third kappa shape index (κ3) is 3.13. The average Bonchev–Trinajstić information content (AvgIpc) is 3.18. The fraction of sp³-hybridized carbons (Fsp3) is 0.474. The molecule has 1 aromatic heterocycles. The molecule has 1 N–H and O–H groups in total. The first-order valence-electron chi connectivity index (χ1n) is 8.48. The molecule has 1 aliphatic carbocycles. The Balaban J connectivity index is 1.90. The average molecular weight is 346 g/mol. The lowest BCUT2D eigenvalue weighted by Gasteiger charge is -2.40. The van der Waals surface area contributed by atoms with Gasteiger partial charge >= 0.3 is 0 Å². The number of hydrogen-bond donors (Lipinski definition) is 1. The van der Waals surface area contributed by atoms with Gasteiger partial charge in [-0.15, -0.1) is 0 Å². The molecule has 24 heavy (non-hydrogen) atoms. The van der Waals surface area contributed by atoms with Gasteiger partial charge < -0.3 is 5.11 Å². The van der Waals surface area contributed by atoms with E-state index >= 15 is 0 Å². The van der Waals surface area contributed by atoms with E-state index < -0.39 is 5.60 Å². The number of benzene rings is 1. The molecule has 2 aromatic rings. The Morgan fingerprint density at radius 1 is 1.33 bits per heavy atom. The highest BCUT2D eigenvalue weighted by molar-refractivity contribution is 6.30. The smallest absolute Gasteiger partial charge is 0.137 e. The van der Waals surface area contributed by atoms with Gasteiger partial charge in [-0.05, 0) is 42.5 Å². The molecule has 0 bridgehead atoms. The second-order valence-electron chi connectivity index (χ2n) is 6.90. The fourth-order valence-corrected chi connectivity index (χ4v) is 3.85. The molecule has 1 fully saturated rings. The molecule has 0 saturated heterocycles. The van der Waals surface area contributed by atoms with Crippen molar-refractivity contribution in [2.75, 3.05) is 0 Å². The molecule has 4 nitrogen and oxygen atoms in total. The zero-order valence-electron chi connectivity index (χ0n) is 14.2. The molecule has 1 heterocycles. The zero-order valence-corrected chi connectivity index (χ0v) is 15.0. The predicted octanol–water partition coefficient (Wildman–Crippen LogP) is 4.35. The van der Waals surface area contributed by atoms with E-state index in [1.807, 2.05) is 24.3 Å². The third-order valence-corrected chi connectivity index (χ3v) is 5.89. The maximum absolute atomic E-state index is 11.6. The summed E-state index contributed by atoms with van der Waals surface area (Å²) in [5.74, 6) is 0. The lowest BCUT2D eigenvalue weighted by Crippen LogP contribution is -2.43. The molecule has 5 heteroatoms. The molecule has 0 spiro atoms. The van der Waals surface area contributed by atoms with Crippen molar-refractivity contribution in [3.05, 3.63) is 53.1 Å². The molecule has 2 unspecified atom stereocenters. The van der Waals surface area contributed by atoms with Gasteiger partial charge in [0, 0.05) is 23.4 Å².